The lowest BCUT2D eigenvalue weighted by Gasteiger charge is -2.38. The molecule has 1 N–H and O–H groups in total. The SMILES string of the molecule is Cc1ccc([C@]2(O)CSC3=C(C#N)[C@H](c4cccc(F)c4)CC(=O)N32)cc1. The molecule has 0 aromatic heterocycles. The van der Waals surface area contributed by atoms with E-state index in [0.717, 1.165) is 5.56 Å². The highest BCUT2D eigenvalue weighted by atomic mass is 32.2. The summed E-state index contributed by atoms with van der Waals surface area (Å²) in [6.07, 6.45) is 0.0184. The predicted octanol–water partition coefficient (Wildman–Crippen LogP) is 3.78. The molecule has 4 rings (SSSR count). The number of amides is 1. The molecule has 0 unspecified atom stereocenters. The highest BCUT2D eigenvalue weighted by Gasteiger charge is 2.51. The van der Waals surface area contributed by atoms with E-state index in [1.165, 1.54) is 28.8 Å². The Kier molecular flexibility index (Phi) is 4.29. The van der Waals surface area contributed by atoms with Crippen molar-refractivity contribution in [2.24, 2.45) is 0 Å². The second kappa shape index (κ2) is 6.52. The molecule has 0 aliphatic carbocycles. The Morgan fingerprint density at radius 1 is 1.30 bits per heavy atom. The standard InChI is InChI=1S/C21H17FN2O2S/c1-13-5-7-15(8-6-13)21(26)12-27-20-18(11-23)17(10-19(25)24(20)21)14-3-2-4-16(22)9-14/h2-9,17,26H,10,12H2,1H3/t17-,21+/m0/s1. The van der Waals surface area contributed by atoms with E-state index in [1.807, 2.05) is 19.1 Å². The molecule has 27 heavy (non-hydrogen) atoms. The number of allylic oxidation sites excluding steroid dienone is 1. The average Bonchev–Trinajstić information content (AvgIpc) is 3.01. The van der Waals surface area contributed by atoms with Crippen LogP contribution in [-0.4, -0.2) is 21.7 Å². The van der Waals surface area contributed by atoms with Gasteiger partial charge in [0.2, 0.25) is 5.91 Å². The van der Waals surface area contributed by atoms with Crippen LogP contribution in [0.4, 0.5) is 4.39 Å². The smallest absolute Gasteiger partial charge is 0.231 e. The summed E-state index contributed by atoms with van der Waals surface area (Å²) in [4.78, 5) is 14.3. The van der Waals surface area contributed by atoms with Gasteiger partial charge in [0.1, 0.15) is 5.82 Å². The number of rotatable bonds is 2. The summed E-state index contributed by atoms with van der Waals surface area (Å²) in [5.41, 5.74) is 1.18. The number of nitrogens with zero attached hydrogens (tertiary/aromatic N) is 2. The Morgan fingerprint density at radius 3 is 2.70 bits per heavy atom. The number of hydrogen-bond donors (Lipinski definition) is 1. The molecule has 6 heteroatoms. The number of benzene rings is 2. The maximum atomic E-state index is 13.7. The Balaban J connectivity index is 1.81. The summed E-state index contributed by atoms with van der Waals surface area (Å²) in [6.45, 7) is 1.95. The molecular formula is C21H17FN2O2S. The minimum absolute atomic E-state index is 0.0184. The number of aryl methyl sites for hydroxylation is 1. The predicted molar refractivity (Wildman–Crippen MR) is 101 cm³/mol. The summed E-state index contributed by atoms with van der Waals surface area (Å²) in [5, 5.41) is 21.5. The van der Waals surface area contributed by atoms with Crippen molar-refractivity contribution in [3.05, 3.63) is 81.6 Å². The minimum Gasteiger partial charge on any atom is -0.366 e. The second-order valence-corrected chi connectivity index (χ2v) is 7.81. The van der Waals surface area contributed by atoms with Crippen LogP contribution in [0, 0.1) is 24.1 Å². The molecule has 2 aliphatic heterocycles. The molecule has 4 nitrogen and oxygen atoms in total. The van der Waals surface area contributed by atoms with E-state index in [1.54, 1.807) is 24.3 Å². The van der Waals surface area contributed by atoms with Gasteiger partial charge in [0.15, 0.2) is 5.72 Å². The number of hydrogen-bond acceptors (Lipinski definition) is 4. The van der Waals surface area contributed by atoms with Gasteiger partial charge in [-0.2, -0.15) is 5.26 Å². The Morgan fingerprint density at radius 2 is 2.04 bits per heavy atom. The van der Waals surface area contributed by atoms with Crippen LogP contribution in [0.1, 0.15) is 29.0 Å². The topological polar surface area (TPSA) is 64.3 Å². The molecule has 2 aliphatic rings. The van der Waals surface area contributed by atoms with Gasteiger partial charge in [-0.25, -0.2) is 4.39 Å². The van der Waals surface area contributed by atoms with Crippen molar-refractivity contribution in [3.63, 3.8) is 0 Å². The molecular weight excluding hydrogens is 363 g/mol. The van der Waals surface area contributed by atoms with Gasteiger partial charge < -0.3 is 5.11 Å². The molecule has 2 atom stereocenters. The Hall–Kier alpha value is -2.62. The first-order valence-corrected chi connectivity index (χ1v) is 9.57. The van der Waals surface area contributed by atoms with E-state index in [2.05, 4.69) is 6.07 Å². The number of aliphatic hydroxyl groups is 1. The zero-order valence-corrected chi connectivity index (χ0v) is 15.5. The van der Waals surface area contributed by atoms with Gasteiger partial charge in [-0.05, 0) is 24.6 Å². The van der Waals surface area contributed by atoms with Gasteiger partial charge in [-0.1, -0.05) is 42.0 Å². The number of carbonyl (C=O) groups excluding carboxylic acids is 1. The first-order valence-electron chi connectivity index (χ1n) is 8.59. The third-order valence-electron chi connectivity index (χ3n) is 5.08. The summed E-state index contributed by atoms with van der Waals surface area (Å²) < 4.78 is 13.7. The summed E-state index contributed by atoms with van der Waals surface area (Å²) in [5.74, 6) is -0.929. The van der Waals surface area contributed by atoms with E-state index >= 15 is 0 Å². The number of halogens is 1. The average molecular weight is 380 g/mol. The van der Waals surface area contributed by atoms with E-state index in [-0.39, 0.29) is 18.1 Å². The maximum absolute atomic E-state index is 13.7. The molecule has 1 saturated heterocycles. The molecule has 2 aromatic carbocycles. The lowest BCUT2D eigenvalue weighted by molar-refractivity contribution is -0.149. The molecule has 0 saturated carbocycles. The molecule has 2 heterocycles. The molecule has 1 amide bonds. The van der Waals surface area contributed by atoms with Crippen LogP contribution in [0.2, 0.25) is 0 Å². The second-order valence-electron chi connectivity index (χ2n) is 6.84. The molecule has 0 bridgehead atoms. The van der Waals surface area contributed by atoms with Gasteiger partial charge >= 0.3 is 0 Å². The summed E-state index contributed by atoms with van der Waals surface area (Å²) >= 11 is 1.29. The number of carbonyl (C=O) groups is 1. The molecule has 136 valence electrons. The quantitative estimate of drug-likeness (QED) is 0.861. The van der Waals surface area contributed by atoms with Crippen molar-refractivity contribution < 1.29 is 14.3 Å². The van der Waals surface area contributed by atoms with Crippen molar-refractivity contribution in [1.29, 1.82) is 5.26 Å². The fourth-order valence-electron chi connectivity index (χ4n) is 3.67. The first-order chi connectivity index (χ1) is 12.9. The molecule has 2 aromatic rings. The van der Waals surface area contributed by atoms with E-state index in [0.29, 0.717) is 21.7 Å². The third-order valence-corrected chi connectivity index (χ3v) is 6.30. The minimum atomic E-state index is -1.49. The highest BCUT2D eigenvalue weighted by Crippen LogP contribution is 2.51. The summed E-state index contributed by atoms with van der Waals surface area (Å²) in [7, 11) is 0. The molecule has 0 radical (unpaired) electrons. The number of thioether (sulfide) groups is 1. The van der Waals surface area contributed by atoms with Crippen LogP contribution >= 0.6 is 11.8 Å². The normalized spacial score (nSPS) is 24.7. The highest BCUT2D eigenvalue weighted by molar-refractivity contribution is 8.03. The van der Waals surface area contributed by atoms with Crippen molar-refractivity contribution >= 4 is 17.7 Å². The molecule has 0 spiro atoms. The van der Waals surface area contributed by atoms with Crippen LogP contribution in [0.5, 0.6) is 0 Å². The first kappa shape index (κ1) is 17.8. The third kappa shape index (κ3) is 2.84. The van der Waals surface area contributed by atoms with Crippen LogP contribution in [-0.2, 0) is 10.5 Å². The van der Waals surface area contributed by atoms with Crippen LogP contribution in [0.25, 0.3) is 0 Å². The lowest BCUT2D eigenvalue weighted by Crippen LogP contribution is -2.48. The fraction of sp³-hybridized carbons (Fsp3) is 0.238. The van der Waals surface area contributed by atoms with Crippen molar-refractivity contribution in [3.8, 4) is 6.07 Å². The van der Waals surface area contributed by atoms with E-state index in [9.17, 15) is 19.6 Å². The van der Waals surface area contributed by atoms with Gasteiger partial charge in [0.25, 0.3) is 0 Å². The fourth-order valence-corrected chi connectivity index (χ4v) is 5.03. The van der Waals surface area contributed by atoms with Gasteiger partial charge in [0, 0.05) is 17.9 Å². The largest absolute Gasteiger partial charge is 0.366 e. The Bertz CT molecular complexity index is 996. The number of nitriles is 1. The van der Waals surface area contributed by atoms with Crippen molar-refractivity contribution in [2.75, 3.05) is 5.75 Å². The monoisotopic (exact) mass is 380 g/mol. The van der Waals surface area contributed by atoms with Gasteiger partial charge in [-0.15, -0.1) is 11.8 Å². The zero-order valence-electron chi connectivity index (χ0n) is 14.6. The Labute approximate surface area is 160 Å². The maximum Gasteiger partial charge on any atom is 0.231 e. The lowest BCUT2D eigenvalue weighted by atomic mass is 9.85. The van der Waals surface area contributed by atoms with Crippen molar-refractivity contribution in [1.82, 2.24) is 4.90 Å². The van der Waals surface area contributed by atoms with Gasteiger partial charge in [0.05, 0.1) is 22.4 Å². The molecule has 1 fully saturated rings. The van der Waals surface area contributed by atoms with E-state index in [4.69, 9.17) is 0 Å². The van der Waals surface area contributed by atoms with Crippen LogP contribution in [0.3, 0.4) is 0 Å². The number of fused-ring (bicyclic) bond motifs is 1. The van der Waals surface area contributed by atoms with Crippen LogP contribution < -0.4 is 0 Å². The van der Waals surface area contributed by atoms with Crippen LogP contribution in [0.15, 0.2) is 59.1 Å². The van der Waals surface area contributed by atoms with Crippen molar-refractivity contribution in [2.45, 2.75) is 25.0 Å². The van der Waals surface area contributed by atoms with E-state index < -0.39 is 17.5 Å². The summed E-state index contributed by atoms with van der Waals surface area (Å²) in [6, 6.07) is 15.6. The zero-order chi connectivity index (χ0) is 19.2. The van der Waals surface area contributed by atoms with Gasteiger partial charge in [-0.3, -0.25) is 9.69 Å².